The number of nitrogens with zero attached hydrogens (tertiary/aromatic N) is 1. The number of anilines is 1. The van der Waals surface area contributed by atoms with Crippen molar-refractivity contribution in [3.63, 3.8) is 0 Å². The van der Waals surface area contributed by atoms with Crippen LogP contribution in [0.4, 0.5) is 5.69 Å². The highest BCUT2D eigenvalue weighted by Crippen LogP contribution is 2.32. The molecule has 1 N–H and O–H groups in total. The number of aliphatic hydroxyl groups is 1. The largest absolute Gasteiger partial charge is 0.394 e. The number of aliphatic hydroxyl groups excluding tert-OH is 1. The van der Waals surface area contributed by atoms with E-state index < -0.39 is 0 Å². The molecule has 1 aliphatic heterocycles. The first-order valence-electron chi connectivity index (χ1n) is 6.70. The van der Waals surface area contributed by atoms with Crippen molar-refractivity contribution < 1.29 is 9.84 Å². The zero-order chi connectivity index (χ0) is 13.1. The molecule has 0 amide bonds. The van der Waals surface area contributed by atoms with Crippen LogP contribution >= 0.6 is 0 Å². The highest BCUT2D eigenvalue weighted by molar-refractivity contribution is 5.61. The second-order valence-electron chi connectivity index (χ2n) is 5.27. The molecule has 0 saturated carbocycles. The van der Waals surface area contributed by atoms with Gasteiger partial charge in [0.25, 0.3) is 0 Å². The van der Waals surface area contributed by atoms with E-state index in [9.17, 15) is 5.11 Å². The number of hydrogen-bond acceptors (Lipinski definition) is 3. The average molecular weight is 249 g/mol. The summed E-state index contributed by atoms with van der Waals surface area (Å²) >= 11 is 0. The van der Waals surface area contributed by atoms with Gasteiger partial charge in [0.1, 0.15) is 0 Å². The molecule has 1 fully saturated rings. The Hall–Kier alpha value is -1.06. The monoisotopic (exact) mass is 249 g/mol. The van der Waals surface area contributed by atoms with Crippen molar-refractivity contribution in [3.8, 4) is 0 Å². The zero-order valence-corrected chi connectivity index (χ0v) is 11.5. The molecular formula is C15H23NO2. The van der Waals surface area contributed by atoms with Crippen molar-refractivity contribution in [2.75, 3.05) is 31.3 Å². The molecule has 0 radical (unpaired) electrons. The van der Waals surface area contributed by atoms with E-state index in [4.69, 9.17) is 4.74 Å². The van der Waals surface area contributed by atoms with Crippen molar-refractivity contribution in [2.45, 2.75) is 32.7 Å². The van der Waals surface area contributed by atoms with Gasteiger partial charge in [0, 0.05) is 12.2 Å². The Morgan fingerprint density at radius 3 is 2.89 bits per heavy atom. The number of hydrogen-bond donors (Lipinski definition) is 1. The molecule has 1 atom stereocenters. The van der Waals surface area contributed by atoms with Gasteiger partial charge in [-0.05, 0) is 24.0 Å². The maximum absolute atomic E-state index is 9.52. The van der Waals surface area contributed by atoms with E-state index in [1.54, 1.807) is 0 Å². The van der Waals surface area contributed by atoms with Gasteiger partial charge in [0.2, 0.25) is 0 Å². The van der Waals surface area contributed by atoms with Crippen LogP contribution in [0.3, 0.4) is 0 Å². The van der Waals surface area contributed by atoms with Crippen LogP contribution in [0.25, 0.3) is 0 Å². The third-order valence-corrected chi connectivity index (χ3v) is 3.62. The molecule has 2 rings (SSSR count). The van der Waals surface area contributed by atoms with Crippen LogP contribution < -0.4 is 4.90 Å². The first kappa shape index (κ1) is 13.4. The number of para-hydroxylation sites is 1. The zero-order valence-electron chi connectivity index (χ0n) is 11.5. The lowest BCUT2D eigenvalue weighted by Gasteiger charge is -2.39. The highest BCUT2D eigenvalue weighted by Gasteiger charge is 2.26. The van der Waals surface area contributed by atoms with Crippen LogP contribution in [0, 0.1) is 6.92 Å². The molecule has 3 nitrogen and oxygen atoms in total. The topological polar surface area (TPSA) is 32.7 Å². The van der Waals surface area contributed by atoms with E-state index in [0.717, 1.165) is 13.2 Å². The lowest BCUT2D eigenvalue weighted by Crippen LogP contribution is -2.48. The summed E-state index contributed by atoms with van der Waals surface area (Å²) in [4.78, 5) is 2.31. The average Bonchev–Trinajstić information content (AvgIpc) is 2.38. The van der Waals surface area contributed by atoms with E-state index in [1.165, 1.54) is 16.8 Å². The summed E-state index contributed by atoms with van der Waals surface area (Å²) in [7, 11) is 0. The van der Waals surface area contributed by atoms with Crippen molar-refractivity contribution in [2.24, 2.45) is 0 Å². The van der Waals surface area contributed by atoms with E-state index in [1.807, 2.05) is 0 Å². The second-order valence-corrected chi connectivity index (χ2v) is 5.27. The standard InChI is InChI=1S/C15H23NO2/c1-11(2)14-6-4-5-12(3)15(14)16-7-8-18-10-13(16)9-17/h4-6,11,13,17H,7-10H2,1-3H3. The Kier molecular flexibility index (Phi) is 4.25. The Bertz CT molecular complexity index is 403. The Balaban J connectivity index is 2.41. The first-order chi connectivity index (χ1) is 8.65. The molecule has 1 heterocycles. The van der Waals surface area contributed by atoms with E-state index in [0.29, 0.717) is 12.5 Å². The van der Waals surface area contributed by atoms with Crippen LogP contribution in [-0.4, -0.2) is 37.5 Å². The fraction of sp³-hybridized carbons (Fsp3) is 0.600. The fourth-order valence-electron chi connectivity index (χ4n) is 2.64. The Labute approximate surface area is 109 Å². The number of morpholine rings is 1. The molecule has 18 heavy (non-hydrogen) atoms. The van der Waals surface area contributed by atoms with Crippen molar-refractivity contribution >= 4 is 5.69 Å². The molecule has 0 aliphatic carbocycles. The van der Waals surface area contributed by atoms with Gasteiger partial charge in [-0.2, -0.15) is 0 Å². The van der Waals surface area contributed by atoms with Gasteiger partial charge >= 0.3 is 0 Å². The number of benzene rings is 1. The molecule has 0 bridgehead atoms. The maximum Gasteiger partial charge on any atom is 0.0755 e. The number of aryl methyl sites for hydroxylation is 1. The summed E-state index contributed by atoms with van der Waals surface area (Å²) in [5.74, 6) is 0.488. The van der Waals surface area contributed by atoms with E-state index in [2.05, 4.69) is 43.9 Å². The van der Waals surface area contributed by atoms with Crippen LogP contribution in [0.15, 0.2) is 18.2 Å². The van der Waals surface area contributed by atoms with Crippen LogP contribution in [0.1, 0.15) is 30.9 Å². The van der Waals surface area contributed by atoms with Gasteiger partial charge in [-0.3, -0.25) is 0 Å². The lowest BCUT2D eigenvalue weighted by atomic mass is 9.96. The van der Waals surface area contributed by atoms with Gasteiger partial charge in [-0.1, -0.05) is 32.0 Å². The minimum Gasteiger partial charge on any atom is -0.394 e. The van der Waals surface area contributed by atoms with E-state index >= 15 is 0 Å². The molecule has 1 aromatic carbocycles. The van der Waals surface area contributed by atoms with Crippen molar-refractivity contribution in [3.05, 3.63) is 29.3 Å². The Morgan fingerprint density at radius 1 is 1.44 bits per heavy atom. The summed E-state index contributed by atoms with van der Waals surface area (Å²) in [6, 6.07) is 6.53. The summed E-state index contributed by atoms with van der Waals surface area (Å²) in [6.07, 6.45) is 0. The van der Waals surface area contributed by atoms with Crippen LogP contribution in [-0.2, 0) is 4.74 Å². The van der Waals surface area contributed by atoms with E-state index in [-0.39, 0.29) is 12.6 Å². The summed E-state index contributed by atoms with van der Waals surface area (Å²) in [5, 5.41) is 9.52. The third kappa shape index (κ3) is 2.52. The predicted molar refractivity (Wildman–Crippen MR) is 74.3 cm³/mol. The SMILES string of the molecule is Cc1cccc(C(C)C)c1N1CCOCC1CO. The van der Waals surface area contributed by atoms with Gasteiger partial charge in [0.05, 0.1) is 25.9 Å². The van der Waals surface area contributed by atoms with Crippen molar-refractivity contribution in [1.82, 2.24) is 0 Å². The summed E-state index contributed by atoms with van der Waals surface area (Å²) < 4.78 is 5.46. The molecule has 0 aromatic heterocycles. The molecule has 0 spiro atoms. The minimum absolute atomic E-state index is 0.0809. The van der Waals surface area contributed by atoms with Gasteiger partial charge < -0.3 is 14.7 Å². The minimum atomic E-state index is 0.0809. The molecule has 100 valence electrons. The molecule has 1 aromatic rings. The highest BCUT2D eigenvalue weighted by atomic mass is 16.5. The normalized spacial score (nSPS) is 20.5. The first-order valence-corrected chi connectivity index (χ1v) is 6.70. The van der Waals surface area contributed by atoms with Gasteiger partial charge in [-0.15, -0.1) is 0 Å². The van der Waals surface area contributed by atoms with Crippen LogP contribution in [0.2, 0.25) is 0 Å². The number of rotatable bonds is 3. The quantitative estimate of drug-likeness (QED) is 0.892. The summed E-state index contributed by atoms with van der Waals surface area (Å²) in [6.45, 7) is 8.93. The lowest BCUT2D eigenvalue weighted by molar-refractivity contribution is 0.0725. The summed E-state index contributed by atoms with van der Waals surface area (Å²) in [5.41, 5.74) is 3.92. The van der Waals surface area contributed by atoms with Gasteiger partial charge in [0.15, 0.2) is 0 Å². The Morgan fingerprint density at radius 2 is 2.22 bits per heavy atom. The fourth-order valence-corrected chi connectivity index (χ4v) is 2.64. The second kappa shape index (κ2) is 5.72. The molecular weight excluding hydrogens is 226 g/mol. The van der Waals surface area contributed by atoms with Gasteiger partial charge in [-0.25, -0.2) is 0 Å². The molecule has 1 unspecified atom stereocenters. The van der Waals surface area contributed by atoms with Crippen molar-refractivity contribution in [1.29, 1.82) is 0 Å². The molecule has 3 heteroatoms. The predicted octanol–water partition coefficient (Wildman–Crippen LogP) is 2.32. The van der Waals surface area contributed by atoms with Crippen LogP contribution in [0.5, 0.6) is 0 Å². The number of ether oxygens (including phenoxy) is 1. The third-order valence-electron chi connectivity index (χ3n) is 3.62. The maximum atomic E-state index is 9.52. The smallest absolute Gasteiger partial charge is 0.0755 e. The molecule has 1 saturated heterocycles. The molecule has 1 aliphatic rings.